The first-order chi connectivity index (χ1) is 15.7. The Morgan fingerprint density at radius 3 is 2.36 bits per heavy atom. The number of methoxy groups -OCH3 is 2. The minimum Gasteiger partial charge on any atom is -0.493 e. The molecular formula is C25H26O8. The molecule has 0 atom stereocenters. The topological polar surface area (TPSA) is 101 Å². The molecule has 0 aliphatic carbocycles. The normalized spacial score (nSPS) is 10.8. The molecule has 174 valence electrons. The molecule has 0 bridgehead atoms. The fraction of sp³-hybridized carbons (Fsp3) is 0.320. The van der Waals surface area contributed by atoms with Crippen LogP contribution in [0.5, 0.6) is 17.2 Å². The number of carbonyl (C=O) groups excluding carboxylic acids is 2. The summed E-state index contributed by atoms with van der Waals surface area (Å²) < 4.78 is 26.6. The summed E-state index contributed by atoms with van der Waals surface area (Å²) in [5.41, 5.74) is 1.33. The van der Waals surface area contributed by atoms with E-state index in [1.807, 2.05) is 0 Å². The number of hydrogen-bond acceptors (Lipinski definition) is 8. The van der Waals surface area contributed by atoms with E-state index in [1.54, 1.807) is 39.0 Å². The van der Waals surface area contributed by atoms with Gasteiger partial charge in [0.15, 0.2) is 11.5 Å². The lowest BCUT2D eigenvalue weighted by Gasteiger charge is -2.14. The molecule has 2 aromatic carbocycles. The summed E-state index contributed by atoms with van der Waals surface area (Å²) in [5.74, 6) is 0.0355. The molecule has 0 radical (unpaired) electrons. The standard InChI is InChI=1S/C25H26O8/c1-14(2)31-23(26)9-7-16-11-18-15(3)10-24(27)32-21(18)13-20(16)33-25(28)17-6-8-19(29-4)22(12-17)30-5/h6,8,10-14H,7,9H2,1-5H3. The molecule has 8 nitrogen and oxygen atoms in total. The van der Waals surface area contributed by atoms with E-state index < -0.39 is 11.6 Å². The third kappa shape index (κ3) is 5.71. The van der Waals surface area contributed by atoms with Gasteiger partial charge >= 0.3 is 17.6 Å². The summed E-state index contributed by atoms with van der Waals surface area (Å²) in [7, 11) is 2.96. The zero-order chi connectivity index (χ0) is 24.1. The Hall–Kier alpha value is -3.81. The van der Waals surface area contributed by atoms with Gasteiger partial charge in [-0.25, -0.2) is 9.59 Å². The predicted molar refractivity (Wildman–Crippen MR) is 121 cm³/mol. The number of hydrogen-bond donors (Lipinski definition) is 0. The largest absolute Gasteiger partial charge is 0.493 e. The van der Waals surface area contributed by atoms with Gasteiger partial charge in [0.05, 0.1) is 25.9 Å². The maximum Gasteiger partial charge on any atom is 0.343 e. The predicted octanol–water partition coefficient (Wildman–Crippen LogP) is 4.22. The highest BCUT2D eigenvalue weighted by atomic mass is 16.5. The summed E-state index contributed by atoms with van der Waals surface area (Å²) in [6, 6.07) is 9.29. The molecule has 0 unspecified atom stereocenters. The number of benzene rings is 2. The fourth-order valence-corrected chi connectivity index (χ4v) is 3.36. The van der Waals surface area contributed by atoms with Crippen molar-refractivity contribution < 1.29 is 33.0 Å². The van der Waals surface area contributed by atoms with Crippen LogP contribution in [0.15, 0.2) is 45.6 Å². The van der Waals surface area contributed by atoms with Crippen LogP contribution in [0.2, 0.25) is 0 Å². The van der Waals surface area contributed by atoms with Gasteiger partial charge in [-0.15, -0.1) is 0 Å². The van der Waals surface area contributed by atoms with Crippen LogP contribution in [0, 0.1) is 6.92 Å². The molecule has 0 saturated carbocycles. The molecule has 8 heteroatoms. The van der Waals surface area contributed by atoms with Crippen molar-refractivity contribution in [1.29, 1.82) is 0 Å². The number of rotatable bonds is 8. The Balaban J connectivity index is 1.97. The Labute approximate surface area is 191 Å². The lowest BCUT2D eigenvalue weighted by atomic mass is 10.0. The summed E-state index contributed by atoms with van der Waals surface area (Å²) in [6.07, 6.45) is 0.141. The van der Waals surface area contributed by atoms with Gasteiger partial charge in [0.1, 0.15) is 11.3 Å². The van der Waals surface area contributed by atoms with E-state index in [0.29, 0.717) is 28.0 Å². The van der Waals surface area contributed by atoms with Gasteiger partial charge in [-0.1, -0.05) is 0 Å². The average Bonchev–Trinajstić information content (AvgIpc) is 2.76. The second-order valence-corrected chi connectivity index (χ2v) is 7.70. The number of aryl methyl sites for hydroxylation is 2. The van der Waals surface area contributed by atoms with Crippen LogP contribution < -0.4 is 19.8 Å². The van der Waals surface area contributed by atoms with Crippen LogP contribution in [-0.2, 0) is 16.0 Å². The van der Waals surface area contributed by atoms with E-state index in [1.165, 1.54) is 32.4 Å². The van der Waals surface area contributed by atoms with Crippen molar-refractivity contribution in [2.45, 2.75) is 39.7 Å². The second kappa shape index (κ2) is 10.2. The lowest BCUT2D eigenvalue weighted by molar-refractivity contribution is -0.147. The van der Waals surface area contributed by atoms with Crippen LogP contribution in [0.3, 0.4) is 0 Å². The van der Waals surface area contributed by atoms with Crippen molar-refractivity contribution in [3.63, 3.8) is 0 Å². The highest BCUT2D eigenvalue weighted by Gasteiger charge is 2.18. The third-order valence-corrected chi connectivity index (χ3v) is 4.92. The SMILES string of the molecule is COc1ccc(C(=O)Oc2cc3oc(=O)cc(C)c3cc2CCC(=O)OC(C)C)cc1OC. The van der Waals surface area contributed by atoms with E-state index in [9.17, 15) is 14.4 Å². The molecule has 1 heterocycles. The molecule has 0 amide bonds. The van der Waals surface area contributed by atoms with Crippen molar-refractivity contribution in [3.8, 4) is 17.2 Å². The number of fused-ring (bicyclic) bond motifs is 1. The van der Waals surface area contributed by atoms with Gasteiger partial charge in [-0.2, -0.15) is 0 Å². The Morgan fingerprint density at radius 1 is 0.970 bits per heavy atom. The third-order valence-electron chi connectivity index (χ3n) is 4.92. The van der Waals surface area contributed by atoms with Gasteiger partial charge in [-0.3, -0.25) is 4.79 Å². The van der Waals surface area contributed by atoms with Crippen LogP contribution in [0.1, 0.15) is 41.8 Å². The molecular weight excluding hydrogens is 428 g/mol. The summed E-state index contributed by atoms with van der Waals surface area (Å²) in [5, 5.41) is 0.688. The van der Waals surface area contributed by atoms with E-state index in [-0.39, 0.29) is 41.8 Å². The quantitative estimate of drug-likeness (QED) is 0.283. The first kappa shape index (κ1) is 23.8. The van der Waals surface area contributed by atoms with Gasteiger partial charge < -0.3 is 23.4 Å². The maximum absolute atomic E-state index is 12.9. The minimum atomic E-state index is -0.642. The average molecular weight is 454 g/mol. The smallest absolute Gasteiger partial charge is 0.343 e. The van der Waals surface area contributed by atoms with Crippen LogP contribution in [0.25, 0.3) is 11.0 Å². The van der Waals surface area contributed by atoms with Gasteiger partial charge in [0.25, 0.3) is 0 Å². The Kier molecular flexibility index (Phi) is 7.37. The number of carbonyl (C=O) groups is 2. The number of esters is 2. The molecule has 1 aromatic heterocycles. The van der Waals surface area contributed by atoms with E-state index >= 15 is 0 Å². The van der Waals surface area contributed by atoms with Crippen molar-refractivity contribution in [1.82, 2.24) is 0 Å². The molecule has 3 rings (SSSR count). The molecule has 0 spiro atoms. The summed E-state index contributed by atoms with van der Waals surface area (Å²) in [6.45, 7) is 5.33. The Morgan fingerprint density at radius 2 is 1.70 bits per heavy atom. The van der Waals surface area contributed by atoms with Crippen molar-refractivity contribution >= 4 is 22.9 Å². The molecule has 0 fully saturated rings. The lowest BCUT2D eigenvalue weighted by Crippen LogP contribution is -2.13. The van der Waals surface area contributed by atoms with Crippen LogP contribution in [-0.4, -0.2) is 32.3 Å². The summed E-state index contributed by atoms with van der Waals surface area (Å²) in [4.78, 5) is 36.8. The second-order valence-electron chi connectivity index (χ2n) is 7.70. The molecule has 0 N–H and O–H groups in total. The monoisotopic (exact) mass is 454 g/mol. The van der Waals surface area contributed by atoms with Gasteiger partial charge in [0.2, 0.25) is 0 Å². The van der Waals surface area contributed by atoms with Gasteiger partial charge in [-0.05, 0) is 62.6 Å². The maximum atomic E-state index is 12.9. The number of ether oxygens (including phenoxy) is 4. The van der Waals surface area contributed by atoms with E-state index in [2.05, 4.69) is 0 Å². The first-order valence-electron chi connectivity index (χ1n) is 10.4. The van der Waals surface area contributed by atoms with Crippen LogP contribution >= 0.6 is 0 Å². The van der Waals surface area contributed by atoms with Crippen LogP contribution in [0.4, 0.5) is 0 Å². The fourth-order valence-electron chi connectivity index (χ4n) is 3.36. The zero-order valence-electron chi connectivity index (χ0n) is 19.2. The zero-order valence-corrected chi connectivity index (χ0v) is 19.2. The van der Waals surface area contributed by atoms with Crippen molar-refractivity contribution in [2.75, 3.05) is 14.2 Å². The highest BCUT2D eigenvalue weighted by Crippen LogP contribution is 2.31. The minimum absolute atomic E-state index is 0.0976. The highest BCUT2D eigenvalue weighted by molar-refractivity contribution is 5.93. The van der Waals surface area contributed by atoms with E-state index in [4.69, 9.17) is 23.4 Å². The van der Waals surface area contributed by atoms with Gasteiger partial charge in [0, 0.05) is 23.9 Å². The van der Waals surface area contributed by atoms with Crippen molar-refractivity contribution in [3.05, 3.63) is 63.5 Å². The molecule has 3 aromatic rings. The molecule has 33 heavy (non-hydrogen) atoms. The van der Waals surface area contributed by atoms with Crippen molar-refractivity contribution in [2.24, 2.45) is 0 Å². The van der Waals surface area contributed by atoms with E-state index in [0.717, 1.165) is 0 Å². The molecule has 0 aliphatic rings. The summed E-state index contributed by atoms with van der Waals surface area (Å²) >= 11 is 0. The molecule has 0 saturated heterocycles. The molecule has 0 aliphatic heterocycles. The Bertz CT molecular complexity index is 1240. The first-order valence-corrected chi connectivity index (χ1v) is 10.4.